The Morgan fingerprint density at radius 3 is 2.71 bits per heavy atom. The number of aliphatic hydroxyl groups is 1. The highest BCUT2D eigenvalue weighted by Gasteiger charge is 2.10. The van der Waals surface area contributed by atoms with Crippen LogP contribution in [-0.4, -0.2) is 14.9 Å². The van der Waals surface area contributed by atoms with Crippen molar-refractivity contribution in [3.63, 3.8) is 0 Å². The molecule has 2 aromatic rings. The molecule has 1 N–H and O–H groups in total. The third kappa shape index (κ3) is 2.34. The van der Waals surface area contributed by atoms with E-state index in [0.29, 0.717) is 10.2 Å². The van der Waals surface area contributed by atoms with Crippen LogP contribution in [0.4, 0.5) is 8.78 Å². The molecule has 0 unspecified atom stereocenters. The van der Waals surface area contributed by atoms with E-state index in [-0.39, 0.29) is 6.61 Å². The van der Waals surface area contributed by atoms with Crippen LogP contribution in [0.3, 0.4) is 0 Å². The summed E-state index contributed by atoms with van der Waals surface area (Å²) in [6, 6.07) is 5.39. The molecule has 0 atom stereocenters. The average Bonchev–Trinajstić information content (AvgIpc) is 2.78. The van der Waals surface area contributed by atoms with E-state index < -0.39 is 6.55 Å². The molecule has 1 heterocycles. The summed E-state index contributed by atoms with van der Waals surface area (Å²) in [6.45, 7) is -0.785. The van der Waals surface area contributed by atoms with Crippen molar-refractivity contribution in [2.24, 2.45) is 0 Å². The number of nitrogens with zero attached hydrogens (tertiary/aromatic N) is 2. The number of halogens is 2. The predicted octanol–water partition coefficient (Wildman–Crippen LogP) is 2.75. The number of benzene rings is 1. The molecular formula is C12H12F2N2O. The summed E-state index contributed by atoms with van der Waals surface area (Å²) >= 11 is 0. The topological polar surface area (TPSA) is 38.1 Å². The molecule has 3 nitrogen and oxygen atoms in total. The molecule has 0 bridgehead atoms. The van der Waals surface area contributed by atoms with Gasteiger partial charge in [-0.15, -0.1) is 0 Å². The molecule has 2 rings (SSSR count). The summed E-state index contributed by atoms with van der Waals surface area (Å²) in [5.41, 5.74) is 3.21. The summed E-state index contributed by atoms with van der Waals surface area (Å²) in [5, 5.41) is 12.6. The highest BCUT2D eigenvalue weighted by molar-refractivity contribution is 5.66. The first-order valence-electron chi connectivity index (χ1n) is 5.15. The Morgan fingerprint density at radius 2 is 2.18 bits per heavy atom. The molecule has 0 saturated carbocycles. The summed E-state index contributed by atoms with van der Waals surface area (Å²) in [5.74, 6) is 0. The van der Waals surface area contributed by atoms with Gasteiger partial charge in [-0.1, -0.05) is 18.2 Å². The van der Waals surface area contributed by atoms with Gasteiger partial charge in [-0.3, -0.25) is 0 Å². The van der Waals surface area contributed by atoms with Crippen LogP contribution >= 0.6 is 0 Å². The number of rotatable bonds is 3. The third-order valence-electron chi connectivity index (χ3n) is 2.59. The summed E-state index contributed by atoms with van der Waals surface area (Å²) in [4.78, 5) is 0. The Morgan fingerprint density at radius 1 is 1.41 bits per heavy atom. The highest BCUT2D eigenvalue weighted by atomic mass is 19.3. The number of hydrogen-bond acceptors (Lipinski definition) is 2. The number of aliphatic hydroxyl groups excluding tert-OH is 1. The Kier molecular flexibility index (Phi) is 3.19. The number of aromatic nitrogens is 2. The van der Waals surface area contributed by atoms with Gasteiger partial charge in [0.05, 0.1) is 12.8 Å². The summed E-state index contributed by atoms with van der Waals surface area (Å²) in [7, 11) is 0. The van der Waals surface area contributed by atoms with E-state index in [2.05, 4.69) is 5.10 Å². The molecule has 0 saturated heterocycles. The van der Waals surface area contributed by atoms with E-state index in [4.69, 9.17) is 5.11 Å². The Labute approximate surface area is 97.3 Å². The molecule has 90 valence electrons. The van der Waals surface area contributed by atoms with Crippen LogP contribution in [0.25, 0.3) is 11.1 Å². The Bertz CT molecular complexity index is 523. The molecule has 1 aromatic carbocycles. The number of aryl methyl sites for hydroxylation is 1. The van der Waals surface area contributed by atoms with E-state index in [9.17, 15) is 8.78 Å². The van der Waals surface area contributed by atoms with Gasteiger partial charge in [-0.2, -0.15) is 13.9 Å². The standard InChI is InChI=1S/C12H12F2N2O/c1-8-4-9(7-17)2-3-11(8)10-5-15-16(6-10)12(13)14/h2-6,12,17H,7H2,1H3. The third-order valence-corrected chi connectivity index (χ3v) is 2.59. The normalized spacial score (nSPS) is 11.1. The lowest BCUT2D eigenvalue weighted by Crippen LogP contribution is -1.96. The van der Waals surface area contributed by atoms with Crippen molar-refractivity contribution in [1.82, 2.24) is 9.78 Å². The fourth-order valence-electron chi connectivity index (χ4n) is 1.73. The fourth-order valence-corrected chi connectivity index (χ4v) is 1.73. The van der Waals surface area contributed by atoms with Gasteiger partial charge >= 0.3 is 6.55 Å². The van der Waals surface area contributed by atoms with Gasteiger partial charge in [0.1, 0.15) is 0 Å². The van der Waals surface area contributed by atoms with Crippen molar-refractivity contribution in [1.29, 1.82) is 0 Å². The molecule has 0 radical (unpaired) electrons. The maximum absolute atomic E-state index is 12.4. The lowest BCUT2D eigenvalue weighted by atomic mass is 10.0. The molecule has 0 aliphatic heterocycles. The van der Waals surface area contributed by atoms with E-state index in [1.807, 2.05) is 13.0 Å². The Balaban J connectivity index is 2.38. The molecular weight excluding hydrogens is 226 g/mol. The fraction of sp³-hybridized carbons (Fsp3) is 0.250. The molecule has 0 spiro atoms. The van der Waals surface area contributed by atoms with Crippen molar-refractivity contribution in [3.05, 3.63) is 41.7 Å². The maximum Gasteiger partial charge on any atom is 0.333 e. The lowest BCUT2D eigenvalue weighted by Gasteiger charge is -2.05. The van der Waals surface area contributed by atoms with Gasteiger partial charge in [-0.25, -0.2) is 4.68 Å². The smallest absolute Gasteiger partial charge is 0.333 e. The second-order valence-corrected chi connectivity index (χ2v) is 3.79. The highest BCUT2D eigenvalue weighted by Crippen LogP contribution is 2.25. The predicted molar refractivity (Wildman–Crippen MR) is 59.6 cm³/mol. The Hall–Kier alpha value is -1.75. The number of hydrogen-bond donors (Lipinski definition) is 1. The van der Waals surface area contributed by atoms with Gasteiger partial charge in [0, 0.05) is 11.8 Å². The van der Waals surface area contributed by atoms with Gasteiger partial charge in [-0.05, 0) is 23.6 Å². The first-order valence-corrected chi connectivity index (χ1v) is 5.15. The van der Waals surface area contributed by atoms with E-state index in [1.54, 1.807) is 12.1 Å². The molecule has 0 aliphatic rings. The van der Waals surface area contributed by atoms with Gasteiger partial charge < -0.3 is 5.11 Å². The second-order valence-electron chi connectivity index (χ2n) is 3.79. The SMILES string of the molecule is Cc1cc(CO)ccc1-c1cnn(C(F)F)c1. The summed E-state index contributed by atoms with van der Waals surface area (Å²) in [6.07, 6.45) is 2.72. The van der Waals surface area contributed by atoms with Crippen LogP contribution in [0.15, 0.2) is 30.6 Å². The average molecular weight is 238 g/mol. The molecule has 1 aromatic heterocycles. The monoisotopic (exact) mass is 238 g/mol. The van der Waals surface area contributed by atoms with Crippen molar-refractivity contribution in [2.45, 2.75) is 20.1 Å². The van der Waals surface area contributed by atoms with Gasteiger partial charge in [0.15, 0.2) is 0 Å². The largest absolute Gasteiger partial charge is 0.392 e. The first kappa shape index (κ1) is 11.7. The quantitative estimate of drug-likeness (QED) is 0.892. The zero-order valence-electron chi connectivity index (χ0n) is 9.27. The van der Waals surface area contributed by atoms with Crippen LogP contribution in [0.1, 0.15) is 17.7 Å². The number of alkyl halides is 2. The summed E-state index contributed by atoms with van der Waals surface area (Å²) < 4.78 is 25.4. The van der Waals surface area contributed by atoms with E-state index in [0.717, 1.165) is 16.7 Å². The van der Waals surface area contributed by atoms with E-state index >= 15 is 0 Å². The minimum absolute atomic E-state index is 0.0303. The van der Waals surface area contributed by atoms with Crippen LogP contribution < -0.4 is 0 Å². The molecule has 0 aliphatic carbocycles. The van der Waals surface area contributed by atoms with Crippen molar-refractivity contribution in [3.8, 4) is 11.1 Å². The first-order chi connectivity index (χ1) is 8.11. The second kappa shape index (κ2) is 4.63. The van der Waals surface area contributed by atoms with Crippen LogP contribution in [0, 0.1) is 6.92 Å². The minimum atomic E-state index is -2.62. The zero-order chi connectivity index (χ0) is 12.4. The lowest BCUT2D eigenvalue weighted by molar-refractivity contribution is 0.0566. The van der Waals surface area contributed by atoms with Gasteiger partial charge in [0.2, 0.25) is 0 Å². The molecule has 5 heteroatoms. The van der Waals surface area contributed by atoms with Crippen molar-refractivity contribution < 1.29 is 13.9 Å². The van der Waals surface area contributed by atoms with Crippen molar-refractivity contribution in [2.75, 3.05) is 0 Å². The van der Waals surface area contributed by atoms with Gasteiger partial charge in [0.25, 0.3) is 0 Å². The van der Waals surface area contributed by atoms with Crippen molar-refractivity contribution >= 4 is 0 Å². The van der Waals surface area contributed by atoms with Crippen LogP contribution in [0.5, 0.6) is 0 Å². The molecule has 0 amide bonds. The zero-order valence-corrected chi connectivity index (χ0v) is 9.27. The van der Waals surface area contributed by atoms with E-state index in [1.165, 1.54) is 12.4 Å². The maximum atomic E-state index is 12.4. The molecule has 0 fully saturated rings. The van der Waals surface area contributed by atoms with Crippen LogP contribution in [-0.2, 0) is 6.61 Å². The minimum Gasteiger partial charge on any atom is -0.392 e. The molecule has 17 heavy (non-hydrogen) atoms. The van der Waals surface area contributed by atoms with Crippen LogP contribution in [0.2, 0.25) is 0 Å².